The van der Waals surface area contributed by atoms with Crippen LogP contribution in [0.1, 0.15) is 29.0 Å². The van der Waals surface area contributed by atoms with E-state index in [0.717, 1.165) is 19.4 Å². The average molecular weight is 408 g/mol. The predicted octanol–water partition coefficient (Wildman–Crippen LogP) is 1.67. The molecule has 8 nitrogen and oxygen atoms in total. The number of morpholine rings is 1. The Kier molecular flexibility index (Phi) is 5.42. The Bertz CT molecular complexity index is 972. The van der Waals surface area contributed by atoms with Gasteiger partial charge in [0, 0.05) is 37.2 Å². The van der Waals surface area contributed by atoms with E-state index < -0.39 is 10.0 Å². The van der Waals surface area contributed by atoms with Crippen LogP contribution in [0.3, 0.4) is 0 Å². The topological polar surface area (TPSA) is 98.1 Å². The van der Waals surface area contributed by atoms with E-state index >= 15 is 0 Å². The summed E-state index contributed by atoms with van der Waals surface area (Å²) in [5.41, 5.74) is 1.11. The summed E-state index contributed by atoms with van der Waals surface area (Å²) in [5.74, 6) is -0.115. The molecular formula is C19H24N2O6S. The molecule has 2 aliphatic heterocycles. The van der Waals surface area contributed by atoms with Crippen molar-refractivity contribution >= 4 is 26.9 Å². The molecule has 0 saturated carbocycles. The number of carbonyl (C=O) groups is 1. The molecule has 2 aromatic rings. The summed E-state index contributed by atoms with van der Waals surface area (Å²) in [6, 6.07) is 4.70. The second-order valence-corrected chi connectivity index (χ2v) is 9.01. The van der Waals surface area contributed by atoms with Crippen molar-refractivity contribution in [3.05, 3.63) is 29.5 Å². The van der Waals surface area contributed by atoms with Gasteiger partial charge in [-0.15, -0.1) is 0 Å². The standard InChI is InChI=1S/C19H24N2O6S/c1-13-16-11-15(28(23,24)21-6-9-25-10-7-21)4-5-17(16)27-18(13)19(22)20-12-14-3-2-8-26-14/h4-5,11,14H,2-3,6-10,12H2,1H3,(H,20,22)/t14-/m1/s1. The van der Waals surface area contributed by atoms with Gasteiger partial charge < -0.3 is 19.2 Å². The molecule has 0 aliphatic carbocycles. The van der Waals surface area contributed by atoms with E-state index in [9.17, 15) is 13.2 Å². The number of benzene rings is 1. The first kappa shape index (κ1) is 19.4. The number of sulfonamides is 1. The van der Waals surface area contributed by atoms with Gasteiger partial charge in [-0.05, 0) is 38.0 Å². The van der Waals surface area contributed by atoms with Crippen LogP contribution in [-0.4, -0.2) is 64.2 Å². The smallest absolute Gasteiger partial charge is 0.287 e. The van der Waals surface area contributed by atoms with Crippen molar-refractivity contribution < 1.29 is 27.1 Å². The maximum Gasteiger partial charge on any atom is 0.287 e. The molecule has 1 amide bonds. The van der Waals surface area contributed by atoms with Gasteiger partial charge in [-0.1, -0.05) is 0 Å². The molecule has 1 aromatic carbocycles. The van der Waals surface area contributed by atoms with E-state index in [1.807, 2.05) is 0 Å². The van der Waals surface area contributed by atoms with Crippen LogP contribution >= 0.6 is 0 Å². The van der Waals surface area contributed by atoms with Gasteiger partial charge in [0.15, 0.2) is 5.76 Å². The van der Waals surface area contributed by atoms with Crippen LogP contribution in [0, 0.1) is 6.92 Å². The van der Waals surface area contributed by atoms with Crippen molar-refractivity contribution in [1.29, 1.82) is 0 Å². The zero-order valence-electron chi connectivity index (χ0n) is 15.8. The summed E-state index contributed by atoms with van der Waals surface area (Å²) in [6.07, 6.45) is 1.98. The third-order valence-electron chi connectivity index (χ3n) is 5.24. The molecule has 4 rings (SSSR count). The molecule has 3 heterocycles. The number of amides is 1. The largest absolute Gasteiger partial charge is 0.451 e. The van der Waals surface area contributed by atoms with Crippen molar-refractivity contribution in [2.24, 2.45) is 0 Å². The highest BCUT2D eigenvalue weighted by molar-refractivity contribution is 7.89. The van der Waals surface area contributed by atoms with Crippen LogP contribution < -0.4 is 5.32 Å². The zero-order chi connectivity index (χ0) is 19.7. The van der Waals surface area contributed by atoms with Gasteiger partial charge in [0.25, 0.3) is 5.91 Å². The number of nitrogens with one attached hydrogen (secondary N) is 1. The fourth-order valence-electron chi connectivity index (χ4n) is 3.61. The molecule has 0 bridgehead atoms. The van der Waals surface area contributed by atoms with Gasteiger partial charge in [0.2, 0.25) is 10.0 Å². The maximum atomic E-state index is 12.9. The molecule has 1 aromatic heterocycles. The van der Waals surface area contributed by atoms with Crippen molar-refractivity contribution in [2.45, 2.75) is 30.8 Å². The van der Waals surface area contributed by atoms with E-state index in [2.05, 4.69) is 5.32 Å². The number of furan rings is 1. The normalized spacial score (nSPS) is 21.2. The van der Waals surface area contributed by atoms with Gasteiger partial charge in [-0.2, -0.15) is 4.31 Å². The zero-order valence-corrected chi connectivity index (χ0v) is 16.6. The van der Waals surface area contributed by atoms with Crippen molar-refractivity contribution in [1.82, 2.24) is 9.62 Å². The van der Waals surface area contributed by atoms with Crippen LogP contribution in [0.4, 0.5) is 0 Å². The maximum absolute atomic E-state index is 12.9. The first-order chi connectivity index (χ1) is 13.5. The monoisotopic (exact) mass is 408 g/mol. The highest BCUT2D eigenvalue weighted by atomic mass is 32.2. The van der Waals surface area contributed by atoms with E-state index in [1.165, 1.54) is 10.4 Å². The Hall–Kier alpha value is -1.94. The number of hydrogen-bond acceptors (Lipinski definition) is 6. The van der Waals surface area contributed by atoms with Gasteiger partial charge in [-0.3, -0.25) is 4.79 Å². The first-order valence-electron chi connectivity index (χ1n) is 9.47. The Morgan fingerprint density at radius 3 is 2.75 bits per heavy atom. The van der Waals surface area contributed by atoms with Gasteiger partial charge in [-0.25, -0.2) is 8.42 Å². The third kappa shape index (κ3) is 3.67. The molecule has 1 atom stereocenters. The number of carbonyl (C=O) groups excluding carboxylic acids is 1. The Morgan fingerprint density at radius 2 is 2.04 bits per heavy atom. The predicted molar refractivity (Wildman–Crippen MR) is 102 cm³/mol. The number of nitrogens with zero attached hydrogens (tertiary/aromatic N) is 1. The minimum Gasteiger partial charge on any atom is -0.451 e. The minimum atomic E-state index is -3.61. The molecule has 152 valence electrons. The Labute approximate surface area is 163 Å². The van der Waals surface area contributed by atoms with Gasteiger partial charge >= 0.3 is 0 Å². The van der Waals surface area contributed by atoms with Crippen molar-refractivity contribution in [3.63, 3.8) is 0 Å². The summed E-state index contributed by atoms with van der Waals surface area (Å²) < 4.78 is 43.6. The lowest BCUT2D eigenvalue weighted by atomic mass is 10.1. The average Bonchev–Trinajstić information content (AvgIpc) is 3.35. The molecule has 28 heavy (non-hydrogen) atoms. The van der Waals surface area contributed by atoms with Crippen LogP contribution in [-0.2, 0) is 19.5 Å². The van der Waals surface area contributed by atoms with E-state index in [1.54, 1.807) is 19.1 Å². The summed E-state index contributed by atoms with van der Waals surface area (Å²) in [5, 5.41) is 3.46. The van der Waals surface area contributed by atoms with E-state index in [4.69, 9.17) is 13.9 Å². The summed E-state index contributed by atoms with van der Waals surface area (Å²) in [6.45, 7) is 4.38. The lowest BCUT2D eigenvalue weighted by Crippen LogP contribution is -2.40. The van der Waals surface area contributed by atoms with Crippen LogP contribution in [0.15, 0.2) is 27.5 Å². The Morgan fingerprint density at radius 1 is 1.25 bits per heavy atom. The van der Waals surface area contributed by atoms with Gasteiger partial charge in [0.1, 0.15) is 5.58 Å². The second kappa shape index (κ2) is 7.82. The van der Waals surface area contributed by atoms with Gasteiger partial charge in [0.05, 0.1) is 24.2 Å². The van der Waals surface area contributed by atoms with E-state index in [0.29, 0.717) is 49.4 Å². The molecule has 0 unspecified atom stereocenters. The lowest BCUT2D eigenvalue weighted by Gasteiger charge is -2.26. The summed E-state index contributed by atoms with van der Waals surface area (Å²) >= 11 is 0. The van der Waals surface area contributed by atoms with Crippen LogP contribution in [0.5, 0.6) is 0 Å². The number of hydrogen-bond donors (Lipinski definition) is 1. The molecule has 0 radical (unpaired) electrons. The lowest BCUT2D eigenvalue weighted by molar-refractivity contribution is 0.0730. The number of rotatable bonds is 5. The highest BCUT2D eigenvalue weighted by Gasteiger charge is 2.28. The van der Waals surface area contributed by atoms with Crippen LogP contribution in [0.2, 0.25) is 0 Å². The number of fused-ring (bicyclic) bond motifs is 1. The van der Waals surface area contributed by atoms with Crippen LogP contribution in [0.25, 0.3) is 11.0 Å². The SMILES string of the molecule is Cc1c(C(=O)NC[C@H]2CCCO2)oc2ccc(S(=O)(=O)N3CCOCC3)cc12. The molecule has 1 N–H and O–H groups in total. The summed E-state index contributed by atoms with van der Waals surface area (Å²) in [4.78, 5) is 12.7. The molecule has 2 saturated heterocycles. The first-order valence-corrected chi connectivity index (χ1v) is 10.9. The van der Waals surface area contributed by atoms with E-state index in [-0.39, 0.29) is 22.7 Å². The number of aryl methyl sites for hydroxylation is 1. The second-order valence-electron chi connectivity index (χ2n) is 7.08. The quantitative estimate of drug-likeness (QED) is 0.808. The number of ether oxygens (including phenoxy) is 2. The van der Waals surface area contributed by atoms with Crippen molar-refractivity contribution in [3.8, 4) is 0 Å². The highest BCUT2D eigenvalue weighted by Crippen LogP contribution is 2.29. The fourth-order valence-corrected chi connectivity index (χ4v) is 5.04. The third-order valence-corrected chi connectivity index (χ3v) is 7.13. The summed E-state index contributed by atoms with van der Waals surface area (Å²) in [7, 11) is -3.61. The fraction of sp³-hybridized carbons (Fsp3) is 0.526. The Balaban J connectivity index is 1.58. The minimum absolute atomic E-state index is 0.0407. The molecular weight excluding hydrogens is 384 g/mol. The molecule has 9 heteroatoms. The molecule has 0 spiro atoms. The van der Waals surface area contributed by atoms with Crippen molar-refractivity contribution in [2.75, 3.05) is 39.5 Å². The molecule has 2 aliphatic rings. The molecule has 2 fully saturated rings.